The van der Waals surface area contributed by atoms with Crippen LogP contribution in [0.5, 0.6) is 0 Å². The van der Waals surface area contributed by atoms with Gasteiger partial charge in [0.25, 0.3) is 0 Å². The van der Waals surface area contributed by atoms with Crippen LogP contribution in [0, 0.1) is 0 Å². The Morgan fingerprint density at radius 1 is 0.974 bits per heavy atom. The van der Waals surface area contributed by atoms with E-state index in [1.165, 1.54) is 4.90 Å². The highest BCUT2D eigenvalue weighted by molar-refractivity contribution is 7.99. The van der Waals surface area contributed by atoms with Gasteiger partial charge in [-0.1, -0.05) is 23.9 Å². The van der Waals surface area contributed by atoms with Crippen LogP contribution in [0.1, 0.15) is 29.5 Å². The van der Waals surface area contributed by atoms with E-state index in [4.69, 9.17) is 4.74 Å². The second kappa shape index (κ2) is 12.2. The van der Waals surface area contributed by atoms with Crippen LogP contribution in [-0.2, 0) is 21.9 Å². The molecular weight excluding hydrogens is 544 g/mol. The van der Waals surface area contributed by atoms with Crippen molar-refractivity contribution in [2.75, 3.05) is 51.8 Å². The van der Waals surface area contributed by atoms with E-state index in [2.05, 4.69) is 5.32 Å². The van der Waals surface area contributed by atoms with Crippen LogP contribution in [0.2, 0.25) is 0 Å². The Morgan fingerprint density at radius 3 is 2.28 bits per heavy atom. The number of anilines is 1. The summed E-state index contributed by atoms with van der Waals surface area (Å²) in [6.45, 7) is 3.17. The molecule has 0 spiro atoms. The molecule has 2 saturated heterocycles. The van der Waals surface area contributed by atoms with Gasteiger partial charge in [-0.05, 0) is 55.8 Å². The third-order valence-corrected chi connectivity index (χ3v) is 7.69. The molecule has 12 heteroatoms. The Morgan fingerprint density at radius 2 is 1.64 bits per heavy atom. The molecule has 39 heavy (non-hydrogen) atoms. The third kappa shape index (κ3) is 7.70. The third-order valence-electron chi connectivity index (χ3n) is 6.64. The molecule has 2 aromatic carbocycles. The molecular formula is C27H29F6N3O2S. The number of carbonyl (C=O) groups excluding carboxylic acids is 1. The van der Waals surface area contributed by atoms with E-state index in [1.807, 2.05) is 11.9 Å². The molecule has 0 atom stereocenters. The number of halogens is 6. The maximum atomic E-state index is 14.2. The summed E-state index contributed by atoms with van der Waals surface area (Å²) in [4.78, 5) is 15.8. The smallest absolute Gasteiger partial charge is 0.382 e. The van der Waals surface area contributed by atoms with Gasteiger partial charge in [-0.3, -0.25) is 4.79 Å². The zero-order valence-electron chi connectivity index (χ0n) is 21.2. The summed E-state index contributed by atoms with van der Waals surface area (Å²) in [5.41, 5.74) is -3.62. The maximum Gasteiger partial charge on any atom is 0.418 e. The number of amides is 1. The van der Waals surface area contributed by atoms with Gasteiger partial charge < -0.3 is 19.9 Å². The molecule has 0 bridgehead atoms. The van der Waals surface area contributed by atoms with Gasteiger partial charge in [0, 0.05) is 67.0 Å². The highest BCUT2D eigenvalue weighted by atomic mass is 32.2. The van der Waals surface area contributed by atoms with Crippen LogP contribution in [0.4, 0.5) is 32.0 Å². The fourth-order valence-electron chi connectivity index (χ4n) is 4.56. The Kier molecular flexibility index (Phi) is 9.18. The molecule has 4 rings (SSSR count). The number of hydrogen-bond acceptors (Lipinski definition) is 5. The van der Waals surface area contributed by atoms with Crippen LogP contribution < -0.4 is 5.32 Å². The van der Waals surface area contributed by atoms with Crippen LogP contribution in [0.3, 0.4) is 0 Å². The molecule has 1 N–H and O–H groups in total. The van der Waals surface area contributed by atoms with Crippen molar-refractivity contribution in [3.8, 4) is 0 Å². The van der Waals surface area contributed by atoms with Crippen LogP contribution in [-0.4, -0.2) is 68.2 Å². The van der Waals surface area contributed by atoms with Crippen molar-refractivity contribution in [2.24, 2.45) is 0 Å². The van der Waals surface area contributed by atoms with E-state index in [0.29, 0.717) is 61.7 Å². The predicted octanol–water partition coefficient (Wildman–Crippen LogP) is 6.25. The number of nitrogens with zero attached hydrogens (tertiary/aromatic N) is 2. The van der Waals surface area contributed by atoms with Crippen molar-refractivity contribution in [2.45, 2.75) is 41.0 Å². The molecule has 212 valence electrons. The lowest BCUT2D eigenvalue weighted by Crippen LogP contribution is -2.46. The molecule has 2 aliphatic rings. The quantitative estimate of drug-likeness (QED) is 0.327. The lowest BCUT2D eigenvalue weighted by atomic mass is 9.99. The summed E-state index contributed by atoms with van der Waals surface area (Å²) < 4.78 is 90.3. The molecule has 2 aromatic rings. The minimum atomic E-state index is -5.30. The molecule has 0 saturated carbocycles. The highest BCUT2D eigenvalue weighted by Crippen LogP contribution is 2.48. The number of rotatable bonds is 6. The van der Waals surface area contributed by atoms with Gasteiger partial charge in [0.15, 0.2) is 0 Å². The lowest BCUT2D eigenvalue weighted by molar-refractivity contribution is -0.163. The number of piperazine rings is 1. The van der Waals surface area contributed by atoms with E-state index in [0.717, 1.165) is 37.1 Å². The number of carbonyl (C=O) groups is 1. The first kappa shape index (κ1) is 29.3. The molecule has 2 heterocycles. The normalized spacial score (nSPS) is 18.1. The van der Waals surface area contributed by atoms with E-state index in [1.54, 1.807) is 24.3 Å². The average molecular weight is 574 g/mol. The average Bonchev–Trinajstić information content (AvgIpc) is 2.87. The molecule has 1 amide bonds. The van der Waals surface area contributed by atoms with Crippen LogP contribution >= 0.6 is 11.8 Å². The topological polar surface area (TPSA) is 44.8 Å². The van der Waals surface area contributed by atoms with Gasteiger partial charge in [-0.2, -0.15) is 26.3 Å². The summed E-state index contributed by atoms with van der Waals surface area (Å²) in [6, 6.07) is 8.73. The minimum absolute atomic E-state index is 0.140. The van der Waals surface area contributed by atoms with Crippen molar-refractivity contribution in [1.82, 2.24) is 9.80 Å². The number of likely N-dealkylation sites (N-methyl/N-ethyl adjacent to an activating group) is 1. The summed E-state index contributed by atoms with van der Waals surface area (Å²) in [6.07, 6.45) is -7.30. The van der Waals surface area contributed by atoms with Crippen molar-refractivity contribution < 1.29 is 35.9 Å². The minimum Gasteiger partial charge on any atom is -0.382 e. The van der Waals surface area contributed by atoms with Gasteiger partial charge in [-0.15, -0.1) is 0 Å². The Labute approximate surface area is 227 Å². The van der Waals surface area contributed by atoms with Crippen molar-refractivity contribution in [1.29, 1.82) is 0 Å². The van der Waals surface area contributed by atoms with E-state index < -0.39 is 39.8 Å². The van der Waals surface area contributed by atoms with Crippen LogP contribution in [0.25, 0.3) is 6.08 Å². The first-order chi connectivity index (χ1) is 18.4. The molecule has 2 aliphatic heterocycles. The zero-order chi connectivity index (χ0) is 28.2. The fraction of sp³-hybridized carbons (Fsp3) is 0.444. The van der Waals surface area contributed by atoms with Gasteiger partial charge in [0.1, 0.15) is 0 Å². The number of ether oxygens (including phenoxy) is 1. The summed E-state index contributed by atoms with van der Waals surface area (Å²) in [5.74, 6) is -0.544. The largest absolute Gasteiger partial charge is 0.418 e. The van der Waals surface area contributed by atoms with Gasteiger partial charge in [0.2, 0.25) is 5.91 Å². The van der Waals surface area contributed by atoms with Gasteiger partial charge >= 0.3 is 12.4 Å². The first-order valence-corrected chi connectivity index (χ1v) is 13.3. The fourth-order valence-corrected chi connectivity index (χ4v) is 5.60. The molecule has 0 aliphatic carbocycles. The number of alkyl halides is 6. The van der Waals surface area contributed by atoms with Crippen molar-refractivity contribution in [3.05, 3.63) is 59.2 Å². The summed E-state index contributed by atoms with van der Waals surface area (Å²) in [7, 11) is 1.88. The SMILES string of the molecule is CN1CCN(C(=O)C=Cc2ccc(Sc3cccc(NC4CCOCC4)c3)c(C(F)(F)F)c2C(F)(F)F)CC1. The molecule has 0 aromatic heterocycles. The number of hydrogen-bond donors (Lipinski definition) is 1. The number of nitrogens with one attached hydrogen (secondary N) is 1. The van der Waals surface area contributed by atoms with Crippen molar-refractivity contribution >= 4 is 29.4 Å². The second-order valence-electron chi connectivity index (χ2n) is 9.52. The maximum absolute atomic E-state index is 14.2. The molecule has 5 nitrogen and oxygen atoms in total. The second-order valence-corrected chi connectivity index (χ2v) is 10.6. The monoisotopic (exact) mass is 573 g/mol. The number of benzene rings is 2. The summed E-state index contributed by atoms with van der Waals surface area (Å²) in [5, 5.41) is 3.31. The summed E-state index contributed by atoms with van der Waals surface area (Å²) >= 11 is 0.615. The Balaban J connectivity index is 1.64. The van der Waals surface area contributed by atoms with Gasteiger partial charge in [-0.25, -0.2) is 0 Å². The van der Waals surface area contributed by atoms with E-state index in [9.17, 15) is 31.1 Å². The highest BCUT2D eigenvalue weighted by Gasteiger charge is 2.46. The van der Waals surface area contributed by atoms with E-state index in [-0.39, 0.29) is 6.04 Å². The molecule has 0 radical (unpaired) electrons. The predicted molar refractivity (Wildman–Crippen MR) is 138 cm³/mol. The van der Waals surface area contributed by atoms with Gasteiger partial charge in [0.05, 0.1) is 11.1 Å². The van der Waals surface area contributed by atoms with Crippen LogP contribution in [0.15, 0.2) is 52.3 Å². The zero-order valence-corrected chi connectivity index (χ0v) is 22.1. The Bertz CT molecular complexity index is 1190. The molecule has 2 fully saturated rings. The molecule has 0 unspecified atom stereocenters. The van der Waals surface area contributed by atoms with E-state index >= 15 is 0 Å². The Hall–Kier alpha value is -2.70. The van der Waals surface area contributed by atoms with Crippen molar-refractivity contribution in [3.63, 3.8) is 0 Å². The first-order valence-electron chi connectivity index (χ1n) is 12.5. The standard InChI is InChI=1S/C27H29F6N3O2S/c1-35-11-13-36(14-12-35)23(37)8-6-18-5-7-22(25(27(31,32)33)24(18)26(28,29)30)39-21-4-2-3-20(17-21)34-19-9-15-38-16-10-19/h2-8,17,19,34H,9-16H2,1H3. The lowest BCUT2D eigenvalue weighted by Gasteiger charge is -2.31.